The lowest BCUT2D eigenvalue weighted by molar-refractivity contribution is 0.128. The number of benzene rings is 2. The number of nitrogens with one attached hydrogen (secondary N) is 1. The van der Waals surface area contributed by atoms with Crippen molar-refractivity contribution in [1.82, 2.24) is 0 Å². The number of nitrogens with zero attached hydrogens (tertiary/aromatic N) is 1. The lowest BCUT2D eigenvalue weighted by Gasteiger charge is -2.10. The van der Waals surface area contributed by atoms with Crippen molar-refractivity contribution in [3.05, 3.63) is 54.1 Å². The van der Waals surface area contributed by atoms with Crippen molar-refractivity contribution in [3.8, 4) is 11.5 Å². The Kier molecular flexibility index (Phi) is 8.49. The van der Waals surface area contributed by atoms with Gasteiger partial charge in [0.05, 0.1) is 33.0 Å². The van der Waals surface area contributed by atoms with Gasteiger partial charge in [-0.15, -0.1) is 24.0 Å². The van der Waals surface area contributed by atoms with Crippen molar-refractivity contribution < 1.29 is 14.2 Å². The molecule has 6 nitrogen and oxygen atoms in total. The molecule has 0 bridgehead atoms. The maximum absolute atomic E-state index is 5.92. The van der Waals surface area contributed by atoms with Crippen molar-refractivity contribution >= 4 is 35.6 Å². The molecule has 26 heavy (non-hydrogen) atoms. The van der Waals surface area contributed by atoms with Gasteiger partial charge in [0.1, 0.15) is 0 Å². The summed E-state index contributed by atoms with van der Waals surface area (Å²) in [6.45, 7) is 2.91. The van der Waals surface area contributed by atoms with Gasteiger partial charge < -0.3 is 25.3 Å². The minimum atomic E-state index is 0. The van der Waals surface area contributed by atoms with E-state index in [-0.39, 0.29) is 24.0 Å². The van der Waals surface area contributed by atoms with Crippen molar-refractivity contribution in [2.24, 2.45) is 10.7 Å². The summed E-state index contributed by atoms with van der Waals surface area (Å²) in [5.74, 6) is 1.83. The fraction of sp³-hybridized carbons (Fsp3) is 0.316. The zero-order chi connectivity index (χ0) is 17.3. The summed E-state index contributed by atoms with van der Waals surface area (Å²) in [4.78, 5) is 4.27. The molecule has 0 spiro atoms. The third kappa shape index (κ3) is 6.38. The first-order valence-electron chi connectivity index (χ1n) is 8.39. The van der Waals surface area contributed by atoms with Gasteiger partial charge in [-0.05, 0) is 17.7 Å². The Balaban J connectivity index is 0.00000243. The van der Waals surface area contributed by atoms with Crippen LogP contribution in [0.5, 0.6) is 11.5 Å². The number of aliphatic imine (C=N–C) groups is 1. The summed E-state index contributed by atoms with van der Waals surface area (Å²) >= 11 is 0. The molecule has 140 valence electrons. The summed E-state index contributed by atoms with van der Waals surface area (Å²) in [5.41, 5.74) is 7.88. The predicted octanol–water partition coefficient (Wildman–Crippen LogP) is 3.41. The number of ether oxygens (including phenoxy) is 3. The number of hydrogen-bond acceptors (Lipinski definition) is 4. The Bertz CT molecular complexity index is 710. The lowest BCUT2D eigenvalue weighted by atomic mass is 10.2. The molecule has 0 unspecified atom stereocenters. The number of halogens is 1. The number of hydrogen-bond donors (Lipinski definition) is 2. The van der Waals surface area contributed by atoms with Gasteiger partial charge in [0.2, 0.25) is 0 Å². The molecule has 0 atom stereocenters. The van der Waals surface area contributed by atoms with Crippen LogP contribution in [0.25, 0.3) is 0 Å². The summed E-state index contributed by atoms with van der Waals surface area (Å²) in [5, 5.41) is 3.06. The topological polar surface area (TPSA) is 78.1 Å². The Hall–Kier alpha value is -2.00. The molecular formula is C19H24IN3O3. The second kappa shape index (κ2) is 10.9. The molecule has 3 rings (SSSR count). The largest absolute Gasteiger partial charge is 0.490 e. The Morgan fingerprint density at radius 2 is 1.85 bits per heavy atom. The zero-order valence-corrected chi connectivity index (χ0v) is 16.8. The van der Waals surface area contributed by atoms with Gasteiger partial charge in [-0.1, -0.05) is 30.3 Å². The van der Waals surface area contributed by atoms with E-state index in [0.717, 1.165) is 29.2 Å². The van der Waals surface area contributed by atoms with Crippen molar-refractivity contribution in [3.63, 3.8) is 0 Å². The van der Waals surface area contributed by atoms with Gasteiger partial charge in [-0.2, -0.15) is 0 Å². The molecule has 0 saturated heterocycles. The standard InChI is InChI=1S/C19H23N3O3.HI/c20-19(21-9-12-23-14-15-5-2-1-3-6-15)22-16-7-8-17-18(13-16)25-11-4-10-24-17;/h1-3,5-8,13H,4,9-12,14H2,(H3,20,21,22);1H. The zero-order valence-electron chi connectivity index (χ0n) is 14.5. The van der Waals surface area contributed by atoms with E-state index < -0.39 is 0 Å². The van der Waals surface area contributed by atoms with Crippen molar-refractivity contribution in [2.75, 3.05) is 31.7 Å². The van der Waals surface area contributed by atoms with Gasteiger partial charge in [-0.3, -0.25) is 4.99 Å². The van der Waals surface area contributed by atoms with Crippen molar-refractivity contribution in [1.29, 1.82) is 0 Å². The predicted molar refractivity (Wildman–Crippen MR) is 114 cm³/mol. The number of rotatable bonds is 6. The van der Waals surface area contributed by atoms with Gasteiger partial charge in [0.15, 0.2) is 17.5 Å². The van der Waals surface area contributed by atoms with Gasteiger partial charge >= 0.3 is 0 Å². The van der Waals surface area contributed by atoms with Crippen LogP contribution in [-0.4, -0.2) is 32.3 Å². The maximum Gasteiger partial charge on any atom is 0.193 e. The molecule has 1 aliphatic heterocycles. The van der Waals surface area contributed by atoms with E-state index >= 15 is 0 Å². The van der Waals surface area contributed by atoms with Gasteiger partial charge in [0.25, 0.3) is 0 Å². The van der Waals surface area contributed by atoms with E-state index in [1.807, 2.05) is 48.5 Å². The van der Waals surface area contributed by atoms with E-state index in [4.69, 9.17) is 19.9 Å². The van der Waals surface area contributed by atoms with E-state index in [9.17, 15) is 0 Å². The summed E-state index contributed by atoms with van der Waals surface area (Å²) in [6.07, 6.45) is 0.879. The van der Waals surface area contributed by atoms with Crippen LogP contribution in [0.4, 0.5) is 5.69 Å². The number of nitrogens with two attached hydrogens (primary N) is 1. The van der Waals surface area contributed by atoms with Crippen molar-refractivity contribution in [2.45, 2.75) is 13.0 Å². The summed E-state index contributed by atoms with van der Waals surface area (Å²) < 4.78 is 16.8. The highest BCUT2D eigenvalue weighted by molar-refractivity contribution is 14.0. The van der Waals surface area contributed by atoms with E-state index in [1.165, 1.54) is 0 Å². The third-order valence-electron chi connectivity index (χ3n) is 3.65. The molecule has 2 aromatic rings. The maximum atomic E-state index is 5.92. The summed E-state index contributed by atoms with van der Waals surface area (Å²) in [7, 11) is 0. The number of anilines is 1. The van der Waals surface area contributed by atoms with Crippen LogP contribution in [-0.2, 0) is 11.3 Å². The highest BCUT2D eigenvalue weighted by Crippen LogP contribution is 2.32. The Morgan fingerprint density at radius 3 is 2.65 bits per heavy atom. The van der Waals surface area contributed by atoms with Crippen LogP contribution < -0.4 is 20.5 Å². The smallest absolute Gasteiger partial charge is 0.193 e. The van der Waals surface area contributed by atoms with Gasteiger partial charge in [-0.25, -0.2) is 0 Å². The normalized spacial score (nSPS) is 13.5. The molecule has 0 radical (unpaired) electrons. The van der Waals surface area contributed by atoms with E-state index in [1.54, 1.807) is 0 Å². The molecule has 7 heteroatoms. The minimum absolute atomic E-state index is 0. The highest BCUT2D eigenvalue weighted by Gasteiger charge is 2.10. The molecule has 0 amide bonds. The molecule has 3 N–H and O–H groups in total. The van der Waals surface area contributed by atoms with Crippen LogP contribution in [0.2, 0.25) is 0 Å². The molecular weight excluding hydrogens is 445 g/mol. The van der Waals surface area contributed by atoms with E-state index in [0.29, 0.717) is 38.9 Å². The van der Waals surface area contributed by atoms with Crippen LogP contribution >= 0.6 is 24.0 Å². The Labute approximate surface area is 170 Å². The molecule has 1 aliphatic rings. The quantitative estimate of drug-likeness (QED) is 0.294. The van der Waals surface area contributed by atoms with Crippen LogP contribution in [0.1, 0.15) is 12.0 Å². The number of guanidine groups is 1. The fourth-order valence-electron chi connectivity index (χ4n) is 2.42. The van der Waals surface area contributed by atoms with Gasteiger partial charge in [0, 0.05) is 18.2 Å². The third-order valence-corrected chi connectivity index (χ3v) is 3.65. The Morgan fingerprint density at radius 1 is 1.08 bits per heavy atom. The number of fused-ring (bicyclic) bond motifs is 1. The first-order chi connectivity index (χ1) is 12.3. The molecule has 2 aromatic carbocycles. The second-order valence-electron chi connectivity index (χ2n) is 5.64. The van der Waals surface area contributed by atoms with Crippen LogP contribution in [0.3, 0.4) is 0 Å². The monoisotopic (exact) mass is 469 g/mol. The average molecular weight is 469 g/mol. The molecule has 0 fully saturated rings. The first-order valence-corrected chi connectivity index (χ1v) is 8.39. The minimum Gasteiger partial charge on any atom is -0.490 e. The average Bonchev–Trinajstić information content (AvgIpc) is 2.87. The molecule has 0 aliphatic carbocycles. The molecule has 0 saturated carbocycles. The summed E-state index contributed by atoms with van der Waals surface area (Å²) in [6, 6.07) is 15.7. The lowest BCUT2D eigenvalue weighted by Crippen LogP contribution is -2.23. The highest BCUT2D eigenvalue weighted by atomic mass is 127. The van der Waals surface area contributed by atoms with Crippen LogP contribution in [0.15, 0.2) is 53.5 Å². The molecule has 1 heterocycles. The van der Waals surface area contributed by atoms with Crippen LogP contribution in [0, 0.1) is 0 Å². The molecule has 0 aromatic heterocycles. The first kappa shape index (κ1) is 20.3. The second-order valence-corrected chi connectivity index (χ2v) is 5.64. The SMILES string of the molecule is I.NC(=NCCOCc1ccccc1)Nc1ccc2c(c1)OCCCO2. The van der Waals surface area contributed by atoms with E-state index in [2.05, 4.69) is 10.3 Å². The fourth-order valence-corrected chi connectivity index (χ4v) is 2.42.